The van der Waals surface area contributed by atoms with Crippen molar-refractivity contribution in [2.24, 2.45) is 0 Å². The Hall–Kier alpha value is -2.51. The monoisotopic (exact) mass is 498 g/mol. The first-order valence-corrected chi connectivity index (χ1v) is 17.1. The van der Waals surface area contributed by atoms with Crippen LogP contribution in [0.2, 0.25) is 12.1 Å². The van der Waals surface area contributed by atoms with Crippen molar-refractivity contribution in [1.29, 1.82) is 0 Å². The number of hydrogen-bond acceptors (Lipinski definition) is 2. The molecule has 182 valence electrons. The topological polar surface area (TPSA) is 18.5 Å². The third-order valence-electron chi connectivity index (χ3n) is 7.18. The molecule has 3 aromatic rings. The Bertz CT molecular complexity index is 1040. The van der Waals surface area contributed by atoms with Crippen molar-refractivity contribution in [3.05, 3.63) is 127 Å². The Morgan fingerprint density at radius 3 is 2.09 bits per heavy atom. The van der Waals surface area contributed by atoms with E-state index in [1.807, 2.05) is 0 Å². The van der Waals surface area contributed by atoms with Crippen LogP contribution in [0.15, 0.2) is 116 Å². The molecule has 4 unspecified atom stereocenters. The molecule has 0 aromatic heterocycles. The quantitative estimate of drug-likeness (QED) is 0.265. The Labute approximate surface area is 214 Å². The Kier molecular flexibility index (Phi) is 9.49. The molecule has 0 radical (unpaired) electrons. The van der Waals surface area contributed by atoms with Gasteiger partial charge in [-0.15, -0.1) is 13.2 Å². The second-order valence-corrected chi connectivity index (χ2v) is 15.7. The smallest absolute Gasteiger partial charge is 0.248 e. The largest absolute Gasteiger partial charge is 0.419 e. The van der Waals surface area contributed by atoms with Crippen molar-refractivity contribution in [1.82, 2.24) is 0 Å². The van der Waals surface area contributed by atoms with Gasteiger partial charge in [-0.1, -0.05) is 116 Å². The minimum atomic E-state index is -2.01. The highest BCUT2D eigenvalue weighted by Gasteiger charge is 2.39. The molecule has 2 aliphatic heterocycles. The number of allylic oxidation sites excluding steroid dienone is 1. The van der Waals surface area contributed by atoms with Gasteiger partial charge in [0.15, 0.2) is 9.04 Å². The van der Waals surface area contributed by atoms with Crippen LogP contribution in [0, 0.1) is 0 Å². The molecular formula is C31H38O2Si2. The van der Waals surface area contributed by atoms with Crippen molar-refractivity contribution >= 4 is 22.5 Å². The molecule has 2 heterocycles. The molecule has 0 aliphatic carbocycles. The van der Waals surface area contributed by atoms with Crippen molar-refractivity contribution in [3.8, 4) is 0 Å². The summed E-state index contributed by atoms with van der Waals surface area (Å²) in [6.45, 7) is 9.03. The van der Waals surface area contributed by atoms with Gasteiger partial charge in [-0.25, -0.2) is 0 Å². The SMILES string of the molecule is C=CC(c1ccccc1)[SiH]1CCCCO1.C=C[Si]1(c2ccccc2)CCCC(c2ccccc2)O1. The zero-order valence-corrected chi connectivity index (χ0v) is 22.9. The summed E-state index contributed by atoms with van der Waals surface area (Å²) in [5.41, 5.74) is 5.27. The lowest BCUT2D eigenvalue weighted by atomic mass is 10.1. The molecule has 4 heteroatoms. The maximum absolute atomic E-state index is 6.62. The lowest BCUT2D eigenvalue weighted by Crippen LogP contribution is -2.51. The van der Waals surface area contributed by atoms with Gasteiger partial charge >= 0.3 is 0 Å². The van der Waals surface area contributed by atoms with E-state index in [-0.39, 0.29) is 6.10 Å². The number of hydrogen-bond donors (Lipinski definition) is 0. The first-order valence-electron chi connectivity index (χ1n) is 13.0. The van der Waals surface area contributed by atoms with Gasteiger partial charge in [0, 0.05) is 12.1 Å². The fourth-order valence-corrected chi connectivity index (χ4v) is 11.4. The lowest BCUT2D eigenvalue weighted by molar-refractivity contribution is 0.169. The standard InChI is InChI=1S/C18H20OSi.C13H18OSi/c1-2-20(17-12-7-4-8-13-17)15-9-14-18(19-20)16-10-5-3-6-11-16;1-2-13(12-8-4-3-5-9-12)15-11-7-6-10-14-15/h2-8,10-13,18H,1,9,14-15H2;2-5,8-9,13,15H,1,6-7,10-11H2. The number of rotatable bonds is 6. The molecule has 2 saturated heterocycles. The van der Waals surface area contributed by atoms with Crippen molar-refractivity contribution < 1.29 is 8.85 Å². The lowest BCUT2D eigenvalue weighted by Gasteiger charge is -2.38. The van der Waals surface area contributed by atoms with Gasteiger partial charge in [0.2, 0.25) is 8.32 Å². The van der Waals surface area contributed by atoms with Crippen LogP contribution in [0.1, 0.15) is 48.5 Å². The molecule has 0 bridgehead atoms. The molecule has 2 nitrogen and oxygen atoms in total. The molecule has 3 aromatic carbocycles. The minimum Gasteiger partial charge on any atom is -0.419 e. The summed E-state index contributed by atoms with van der Waals surface area (Å²) in [5.74, 6) is 0. The van der Waals surface area contributed by atoms with E-state index in [2.05, 4.69) is 116 Å². The average Bonchev–Trinajstić information content (AvgIpc) is 2.96. The van der Waals surface area contributed by atoms with E-state index in [4.69, 9.17) is 8.85 Å². The van der Waals surface area contributed by atoms with Gasteiger partial charge in [-0.05, 0) is 41.2 Å². The summed E-state index contributed by atoms with van der Waals surface area (Å²) >= 11 is 0. The summed E-state index contributed by atoms with van der Waals surface area (Å²) in [5, 5.41) is 1.34. The van der Waals surface area contributed by atoms with Crippen LogP contribution in [0.3, 0.4) is 0 Å². The van der Waals surface area contributed by atoms with E-state index in [0.717, 1.165) is 19.1 Å². The third-order valence-corrected chi connectivity index (χ3v) is 14.1. The van der Waals surface area contributed by atoms with Crippen molar-refractivity contribution in [2.75, 3.05) is 6.61 Å². The van der Waals surface area contributed by atoms with Gasteiger partial charge in [0.25, 0.3) is 0 Å². The molecule has 0 saturated carbocycles. The zero-order valence-electron chi connectivity index (χ0n) is 20.7. The first kappa shape index (κ1) is 25.6. The summed E-state index contributed by atoms with van der Waals surface area (Å²) < 4.78 is 12.6. The fourth-order valence-electron chi connectivity index (χ4n) is 5.25. The highest BCUT2D eigenvalue weighted by molar-refractivity contribution is 6.90. The maximum Gasteiger partial charge on any atom is 0.248 e. The average molecular weight is 499 g/mol. The molecule has 35 heavy (non-hydrogen) atoms. The van der Waals surface area contributed by atoms with Crippen LogP contribution in [0.5, 0.6) is 0 Å². The summed E-state index contributed by atoms with van der Waals surface area (Å²) in [6.07, 6.45) is 7.20. The van der Waals surface area contributed by atoms with Crippen LogP contribution < -0.4 is 5.19 Å². The molecule has 0 spiro atoms. The van der Waals surface area contributed by atoms with Crippen LogP contribution >= 0.6 is 0 Å². The van der Waals surface area contributed by atoms with E-state index in [0.29, 0.717) is 5.54 Å². The maximum atomic E-state index is 6.62. The predicted octanol–water partition coefficient (Wildman–Crippen LogP) is 7.15. The van der Waals surface area contributed by atoms with Crippen LogP contribution in [0.4, 0.5) is 0 Å². The zero-order chi connectivity index (χ0) is 24.3. The van der Waals surface area contributed by atoms with Gasteiger partial charge < -0.3 is 8.85 Å². The normalized spacial score (nSPS) is 24.9. The summed E-state index contributed by atoms with van der Waals surface area (Å²) in [7, 11) is -3.10. The molecule has 0 N–H and O–H groups in total. The molecule has 2 fully saturated rings. The first-order chi connectivity index (χ1) is 17.3. The Morgan fingerprint density at radius 2 is 1.49 bits per heavy atom. The van der Waals surface area contributed by atoms with Gasteiger partial charge in [-0.3, -0.25) is 0 Å². The van der Waals surface area contributed by atoms with Gasteiger partial charge in [0.05, 0.1) is 6.10 Å². The second-order valence-electron chi connectivity index (χ2n) is 9.45. The summed E-state index contributed by atoms with van der Waals surface area (Å²) in [6, 6.07) is 34.3. The van der Waals surface area contributed by atoms with Crippen molar-refractivity contribution in [2.45, 2.75) is 49.4 Å². The molecular weight excluding hydrogens is 461 g/mol. The van der Waals surface area contributed by atoms with E-state index >= 15 is 0 Å². The van der Waals surface area contributed by atoms with Crippen LogP contribution in [-0.4, -0.2) is 24.0 Å². The highest BCUT2D eigenvalue weighted by atomic mass is 28.4. The minimum absolute atomic E-state index is 0.217. The molecule has 0 amide bonds. The number of benzene rings is 3. The second kappa shape index (κ2) is 13.0. The van der Waals surface area contributed by atoms with Gasteiger partial charge in [0.1, 0.15) is 0 Å². The summed E-state index contributed by atoms with van der Waals surface area (Å²) in [4.78, 5) is 0. The highest BCUT2D eigenvalue weighted by Crippen LogP contribution is 2.35. The predicted molar refractivity (Wildman–Crippen MR) is 153 cm³/mol. The molecule has 2 aliphatic rings. The van der Waals surface area contributed by atoms with E-state index < -0.39 is 17.4 Å². The third kappa shape index (κ3) is 6.59. The van der Waals surface area contributed by atoms with E-state index in [1.54, 1.807) is 0 Å². The Balaban J connectivity index is 0.000000172. The fraction of sp³-hybridized carbons (Fsp3) is 0.290. The van der Waals surface area contributed by atoms with Crippen LogP contribution in [0.25, 0.3) is 0 Å². The van der Waals surface area contributed by atoms with E-state index in [1.165, 1.54) is 41.6 Å². The van der Waals surface area contributed by atoms with E-state index in [9.17, 15) is 0 Å². The molecule has 4 atom stereocenters. The van der Waals surface area contributed by atoms with Gasteiger partial charge in [-0.2, -0.15) is 0 Å². The Morgan fingerprint density at radius 1 is 0.829 bits per heavy atom. The van der Waals surface area contributed by atoms with Crippen molar-refractivity contribution in [3.63, 3.8) is 0 Å². The molecule has 5 rings (SSSR count). The van der Waals surface area contributed by atoms with Crippen LogP contribution in [-0.2, 0) is 8.85 Å².